The van der Waals surface area contributed by atoms with Gasteiger partial charge >= 0.3 is 0 Å². The Kier molecular flexibility index (Phi) is 4.05. The van der Waals surface area contributed by atoms with Crippen LogP contribution in [0.3, 0.4) is 0 Å². The molecule has 2 rings (SSSR count). The third kappa shape index (κ3) is 3.24. The van der Waals surface area contributed by atoms with Gasteiger partial charge in [-0.1, -0.05) is 45.0 Å². The topological polar surface area (TPSA) is 40.7 Å². The van der Waals surface area contributed by atoms with Gasteiger partial charge in [0.1, 0.15) is 0 Å². The molecule has 0 atom stereocenters. The van der Waals surface area contributed by atoms with E-state index in [1.165, 1.54) is 16.8 Å². The molecule has 0 spiro atoms. The van der Waals surface area contributed by atoms with E-state index in [4.69, 9.17) is 0 Å². The van der Waals surface area contributed by atoms with Crippen LogP contribution in [0.5, 0.6) is 0 Å². The molecule has 102 valence electrons. The molecule has 0 amide bonds. The van der Waals surface area contributed by atoms with Gasteiger partial charge in [-0.2, -0.15) is 0 Å². The number of rotatable bonds is 4. The highest BCUT2D eigenvalue weighted by atomic mass is 14.9. The van der Waals surface area contributed by atoms with Crippen LogP contribution in [-0.2, 0) is 11.8 Å². The molecule has 1 heterocycles. The summed E-state index contributed by atoms with van der Waals surface area (Å²) in [5.74, 6) is 0. The lowest BCUT2D eigenvalue weighted by atomic mass is 9.86. The highest BCUT2D eigenvalue weighted by molar-refractivity contribution is 5.62. The SMILES string of the molecule is CNCCc1[nH]cnc1-c1ccc(C(C)(C)C)cc1. The maximum atomic E-state index is 4.45. The van der Waals surface area contributed by atoms with Crippen molar-refractivity contribution in [1.29, 1.82) is 0 Å². The molecule has 3 nitrogen and oxygen atoms in total. The number of likely N-dealkylation sites (N-methyl/N-ethyl adjacent to an activating group) is 1. The summed E-state index contributed by atoms with van der Waals surface area (Å²) >= 11 is 0. The van der Waals surface area contributed by atoms with Gasteiger partial charge in [-0.05, 0) is 18.0 Å². The van der Waals surface area contributed by atoms with Crippen molar-refractivity contribution in [1.82, 2.24) is 15.3 Å². The molecule has 1 aromatic carbocycles. The molecule has 0 aliphatic carbocycles. The van der Waals surface area contributed by atoms with Crippen LogP contribution < -0.4 is 5.32 Å². The predicted molar refractivity (Wildman–Crippen MR) is 80.4 cm³/mol. The highest BCUT2D eigenvalue weighted by Gasteiger charge is 2.14. The van der Waals surface area contributed by atoms with E-state index >= 15 is 0 Å². The first kappa shape index (κ1) is 13.8. The minimum Gasteiger partial charge on any atom is -0.348 e. The molecule has 0 aliphatic heterocycles. The molecular formula is C16H23N3. The maximum Gasteiger partial charge on any atom is 0.0929 e. The van der Waals surface area contributed by atoms with Gasteiger partial charge in [-0.25, -0.2) is 4.98 Å². The quantitative estimate of drug-likeness (QED) is 0.883. The van der Waals surface area contributed by atoms with Crippen LogP contribution in [0.4, 0.5) is 0 Å². The summed E-state index contributed by atoms with van der Waals surface area (Å²) in [4.78, 5) is 7.68. The number of nitrogens with zero attached hydrogens (tertiary/aromatic N) is 1. The Morgan fingerprint density at radius 3 is 2.42 bits per heavy atom. The third-order valence-corrected chi connectivity index (χ3v) is 3.37. The van der Waals surface area contributed by atoms with Crippen molar-refractivity contribution in [3.8, 4) is 11.3 Å². The van der Waals surface area contributed by atoms with E-state index in [2.05, 4.69) is 60.3 Å². The predicted octanol–water partition coefficient (Wildman–Crippen LogP) is 3.14. The molecule has 2 aromatic rings. The van der Waals surface area contributed by atoms with Gasteiger partial charge in [0, 0.05) is 24.2 Å². The Bertz CT molecular complexity index is 518. The second-order valence-corrected chi connectivity index (χ2v) is 5.91. The van der Waals surface area contributed by atoms with Crippen LogP contribution in [0.25, 0.3) is 11.3 Å². The van der Waals surface area contributed by atoms with E-state index in [9.17, 15) is 0 Å². The van der Waals surface area contributed by atoms with Crippen LogP contribution in [-0.4, -0.2) is 23.6 Å². The van der Waals surface area contributed by atoms with E-state index in [1.54, 1.807) is 6.33 Å². The van der Waals surface area contributed by atoms with Gasteiger partial charge in [-0.3, -0.25) is 0 Å². The summed E-state index contributed by atoms with van der Waals surface area (Å²) in [6.45, 7) is 7.65. The summed E-state index contributed by atoms with van der Waals surface area (Å²) in [6, 6.07) is 8.73. The smallest absolute Gasteiger partial charge is 0.0929 e. The van der Waals surface area contributed by atoms with Crippen molar-refractivity contribution in [3.63, 3.8) is 0 Å². The molecule has 0 saturated heterocycles. The minimum atomic E-state index is 0.194. The maximum absolute atomic E-state index is 4.45. The van der Waals surface area contributed by atoms with Crippen LogP contribution in [0.15, 0.2) is 30.6 Å². The van der Waals surface area contributed by atoms with Gasteiger partial charge in [-0.15, -0.1) is 0 Å². The van der Waals surface area contributed by atoms with E-state index in [0.717, 1.165) is 18.7 Å². The van der Waals surface area contributed by atoms with E-state index in [1.807, 2.05) is 7.05 Å². The first-order chi connectivity index (χ1) is 9.02. The molecule has 0 radical (unpaired) electrons. The largest absolute Gasteiger partial charge is 0.348 e. The summed E-state index contributed by atoms with van der Waals surface area (Å²) in [6.07, 6.45) is 2.74. The summed E-state index contributed by atoms with van der Waals surface area (Å²) in [7, 11) is 1.97. The van der Waals surface area contributed by atoms with Crippen LogP contribution in [0.1, 0.15) is 32.0 Å². The number of aromatic amines is 1. The zero-order valence-corrected chi connectivity index (χ0v) is 12.2. The summed E-state index contributed by atoms with van der Waals surface area (Å²) in [5, 5.41) is 3.17. The second-order valence-electron chi connectivity index (χ2n) is 5.91. The highest BCUT2D eigenvalue weighted by Crippen LogP contribution is 2.26. The monoisotopic (exact) mass is 257 g/mol. The molecule has 0 bridgehead atoms. The standard InChI is InChI=1S/C16H23N3/c1-16(2,3)13-7-5-12(6-8-13)15-14(9-10-17-4)18-11-19-15/h5-8,11,17H,9-10H2,1-4H3,(H,18,19). The molecule has 2 N–H and O–H groups in total. The van der Waals surface area contributed by atoms with Crippen molar-refractivity contribution in [2.24, 2.45) is 0 Å². The van der Waals surface area contributed by atoms with E-state index in [-0.39, 0.29) is 5.41 Å². The Hall–Kier alpha value is -1.61. The van der Waals surface area contributed by atoms with Crippen LogP contribution >= 0.6 is 0 Å². The number of H-pyrrole nitrogens is 1. The molecule has 3 heteroatoms. The number of hydrogen-bond acceptors (Lipinski definition) is 2. The third-order valence-electron chi connectivity index (χ3n) is 3.37. The molecule has 0 aliphatic rings. The van der Waals surface area contributed by atoms with Gasteiger partial charge in [0.05, 0.1) is 12.0 Å². The fourth-order valence-corrected chi connectivity index (χ4v) is 2.14. The number of hydrogen-bond donors (Lipinski definition) is 2. The molecule has 1 aromatic heterocycles. The van der Waals surface area contributed by atoms with Crippen molar-refractivity contribution in [2.75, 3.05) is 13.6 Å². The van der Waals surface area contributed by atoms with Crippen molar-refractivity contribution >= 4 is 0 Å². The average molecular weight is 257 g/mol. The van der Waals surface area contributed by atoms with Crippen molar-refractivity contribution in [3.05, 3.63) is 41.9 Å². The molecule has 19 heavy (non-hydrogen) atoms. The van der Waals surface area contributed by atoms with Crippen molar-refractivity contribution in [2.45, 2.75) is 32.6 Å². The van der Waals surface area contributed by atoms with E-state index in [0.29, 0.717) is 0 Å². The Morgan fingerprint density at radius 1 is 1.16 bits per heavy atom. The Balaban J connectivity index is 2.25. The molecular weight excluding hydrogens is 234 g/mol. The normalized spacial score (nSPS) is 11.8. The summed E-state index contributed by atoms with van der Waals surface area (Å²) in [5.41, 5.74) is 4.98. The number of imidazole rings is 1. The average Bonchev–Trinajstić information content (AvgIpc) is 2.83. The van der Waals surface area contributed by atoms with Gasteiger partial charge < -0.3 is 10.3 Å². The lowest BCUT2D eigenvalue weighted by molar-refractivity contribution is 0.590. The molecule has 0 fully saturated rings. The number of nitrogens with one attached hydrogen (secondary N) is 2. The summed E-state index contributed by atoms with van der Waals surface area (Å²) < 4.78 is 0. The van der Waals surface area contributed by atoms with Crippen molar-refractivity contribution < 1.29 is 0 Å². The Labute approximate surface area is 115 Å². The zero-order chi connectivity index (χ0) is 13.9. The second kappa shape index (κ2) is 5.57. The first-order valence-corrected chi connectivity index (χ1v) is 6.80. The minimum absolute atomic E-state index is 0.194. The van der Waals surface area contributed by atoms with Gasteiger partial charge in [0.2, 0.25) is 0 Å². The van der Waals surface area contributed by atoms with E-state index < -0.39 is 0 Å². The van der Waals surface area contributed by atoms with Gasteiger partial charge in [0.15, 0.2) is 0 Å². The van der Waals surface area contributed by atoms with Crippen LogP contribution in [0, 0.1) is 0 Å². The fraction of sp³-hybridized carbons (Fsp3) is 0.438. The fourth-order valence-electron chi connectivity index (χ4n) is 2.14. The first-order valence-electron chi connectivity index (χ1n) is 6.80. The lowest BCUT2D eigenvalue weighted by Crippen LogP contribution is -2.11. The number of aromatic nitrogens is 2. The lowest BCUT2D eigenvalue weighted by Gasteiger charge is -2.19. The molecule has 0 unspecified atom stereocenters. The Morgan fingerprint density at radius 2 is 1.84 bits per heavy atom. The zero-order valence-electron chi connectivity index (χ0n) is 12.2. The van der Waals surface area contributed by atoms with Crippen LogP contribution in [0.2, 0.25) is 0 Å². The van der Waals surface area contributed by atoms with Gasteiger partial charge in [0.25, 0.3) is 0 Å². The molecule has 0 saturated carbocycles. The number of benzene rings is 1.